The van der Waals surface area contributed by atoms with Crippen molar-refractivity contribution >= 4 is 22.9 Å². The Morgan fingerprint density at radius 2 is 2.26 bits per heavy atom. The van der Waals surface area contributed by atoms with E-state index in [4.69, 9.17) is 11.6 Å². The molecule has 0 atom stereocenters. The van der Waals surface area contributed by atoms with Crippen molar-refractivity contribution in [3.63, 3.8) is 0 Å². The molecule has 0 fully saturated rings. The molecule has 0 spiro atoms. The fraction of sp³-hybridized carbons (Fsp3) is 0.364. The van der Waals surface area contributed by atoms with Gasteiger partial charge in [0.05, 0.1) is 22.8 Å². The summed E-state index contributed by atoms with van der Waals surface area (Å²) in [4.78, 5) is 28.5. The van der Waals surface area contributed by atoms with Crippen LogP contribution in [-0.4, -0.2) is 14.5 Å². The van der Waals surface area contributed by atoms with E-state index < -0.39 is 17.1 Å². The number of thiazole rings is 1. The van der Waals surface area contributed by atoms with Gasteiger partial charge in [-0.05, 0) is 6.42 Å². The van der Waals surface area contributed by atoms with Crippen LogP contribution in [-0.2, 0) is 18.8 Å². The summed E-state index contributed by atoms with van der Waals surface area (Å²) in [7, 11) is 0. The number of hydrogen-bond acceptors (Lipinski definition) is 4. The van der Waals surface area contributed by atoms with Gasteiger partial charge in [-0.15, -0.1) is 22.9 Å². The van der Waals surface area contributed by atoms with E-state index in [9.17, 15) is 14.0 Å². The highest BCUT2D eigenvalue weighted by molar-refractivity contribution is 7.09. The summed E-state index contributed by atoms with van der Waals surface area (Å²) < 4.78 is 14.2. The number of H-pyrrole nitrogens is 1. The van der Waals surface area contributed by atoms with Crippen molar-refractivity contribution in [2.45, 2.75) is 25.3 Å². The van der Waals surface area contributed by atoms with Gasteiger partial charge in [-0.2, -0.15) is 4.39 Å². The first-order valence-corrected chi connectivity index (χ1v) is 7.00. The van der Waals surface area contributed by atoms with Gasteiger partial charge in [0, 0.05) is 18.3 Å². The Hall–Kier alpha value is -1.47. The van der Waals surface area contributed by atoms with Crippen molar-refractivity contribution in [1.82, 2.24) is 14.5 Å². The largest absolute Gasteiger partial charge is 0.328 e. The molecule has 0 aliphatic carbocycles. The van der Waals surface area contributed by atoms with Crippen LogP contribution < -0.4 is 11.2 Å². The first-order chi connectivity index (χ1) is 9.10. The maximum atomic E-state index is 13.0. The fourth-order valence-corrected chi connectivity index (χ4v) is 2.64. The smallest absolute Gasteiger partial charge is 0.298 e. The van der Waals surface area contributed by atoms with E-state index in [1.165, 1.54) is 11.3 Å². The molecular formula is C11H11ClFN3O2S. The molecule has 0 bridgehead atoms. The molecule has 2 aromatic rings. The lowest BCUT2D eigenvalue weighted by molar-refractivity contribution is 0.538. The van der Waals surface area contributed by atoms with E-state index in [0.717, 1.165) is 21.5 Å². The van der Waals surface area contributed by atoms with Crippen molar-refractivity contribution in [2.24, 2.45) is 0 Å². The second-order valence-corrected chi connectivity index (χ2v) is 5.11. The summed E-state index contributed by atoms with van der Waals surface area (Å²) >= 11 is 7.15. The van der Waals surface area contributed by atoms with Crippen LogP contribution in [0.25, 0.3) is 0 Å². The van der Waals surface area contributed by atoms with Crippen molar-refractivity contribution in [1.29, 1.82) is 0 Å². The van der Waals surface area contributed by atoms with Crippen molar-refractivity contribution in [3.05, 3.63) is 48.9 Å². The minimum absolute atomic E-state index is 0.322. The van der Waals surface area contributed by atoms with Crippen LogP contribution >= 0.6 is 22.9 Å². The second kappa shape index (κ2) is 6.12. The molecule has 5 nitrogen and oxygen atoms in total. The van der Waals surface area contributed by atoms with Gasteiger partial charge in [0.1, 0.15) is 0 Å². The number of hydrogen-bond donors (Lipinski definition) is 1. The molecule has 2 rings (SSSR count). The van der Waals surface area contributed by atoms with Crippen LogP contribution in [0.4, 0.5) is 4.39 Å². The Kier molecular flexibility index (Phi) is 4.49. The zero-order chi connectivity index (χ0) is 13.8. The van der Waals surface area contributed by atoms with Crippen molar-refractivity contribution < 1.29 is 4.39 Å². The van der Waals surface area contributed by atoms with Gasteiger partial charge in [0.15, 0.2) is 0 Å². The number of nitrogens with one attached hydrogen (secondary N) is 1. The molecule has 0 saturated carbocycles. The molecule has 102 valence electrons. The molecule has 0 aliphatic heterocycles. The lowest BCUT2D eigenvalue weighted by atomic mass is 10.3. The SMILES string of the molecule is O=c1[nH]c(=O)n(CCCc2nc(CCl)cs2)cc1F. The van der Waals surface area contributed by atoms with E-state index >= 15 is 0 Å². The monoisotopic (exact) mass is 303 g/mol. The predicted molar refractivity (Wildman–Crippen MR) is 71.3 cm³/mol. The minimum Gasteiger partial charge on any atom is -0.298 e. The molecule has 8 heteroatoms. The van der Waals surface area contributed by atoms with E-state index in [2.05, 4.69) is 4.98 Å². The normalized spacial score (nSPS) is 10.8. The third-order valence-corrected chi connectivity index (χ3v) is 3.72. The average molecular weight is 304 g/mol. The fourth-order valence-electron chi connectivity index (χ4n) is 1.57. The first kappa shape index (κ1) is 14.0. The molecule has 0 unspecified atom stereocenters. The molecule has 2 aromatic heterocycles. The number of aryl methyl sites for hydroxylation is 2. The van der Waals surface area contributed by atoms with Crippen LogP contribution in [0.1, 0.15) is 17.1 Å². The molecular weight excluding hydrogens is 293 g/mol. The number of rotatable bonds is 5. The highest BCUT2D eigenvalue weighted by Crippen LogP contribution is 2.13. The lowest BCUT2D eigenvalue weighted by Crippen LogP contribution is -2.31. The van der Waals surface area contributed by atoms with Gasteiger partial charge in [-0.25, -0.2) is 9.78 Å². The topological polar surface area (TPSA) is 67.8 Å². The Balaban J connectivity index is 1.97. The van der Waals surface area contributed by atoms with Crippen LogP contribution in [0.5, 0.6) is 0 Å². The van der Waals surface area contributed by atoms with Crippen LogP contribution in [0, 0.1) is 5.82 Å². The molecule has 0 saturated heterocycles. The molecule has 0 radical (unpaired) electrons. The summed E-state index contributed by atoms with van der Waals surface area (Å²) in [6.45, 7) is 0.322. The number of alkyl halides is 1. The number of nitrogens with zero attached hydrogens (tertiary/aromatic N) is 2. The summed E-state index contributed by atoms with van der Waals surface area (Å²) in [6, 6.07) is 0. The summed E-state index contributed by atoms with van der Waals surface area (Å²) in [5.41, 5.74) is -0.770. The highest BCUT2D eigenvalue weighted by atomic mass is 35.5. The third kappa shape index (κ3) is 3.51. The third-order valence-electron chi connectivity index (χ3n) is 2.49. The molecule has 1 N–H and O–H groups in total. The van der Waals surface area contributed by atoms with Gasteiger partial charge < -0.3 is 0 Å². The zero-order valence-corrected chi connectivity index (χ0v) is 11.4. The Morgan fingerprint density at radius 3 is 2.95 bits per heavy atom. The van der Waals surface area contributed by atoms with Crippen LogP contribution in [0.2, 0.25) is 0 Å². The highest BCUT2D eigenvalue weighted by Gasteiger charge is 2.05. The molecule has 0 amide bonds. The Bertz CT molecular complexity index is 679. The van der Waals surface area contributed by atoms with Gasteiger partial charge in [-0.3, -0.25) is 14.3 Å². The maximum Gasteiger partial charge on any atom is 0.328 e. The standard InChI is InChI=1S/C11H11ClFN3O2S/c12-4-7-6-19-9(14-7)2-1-3-16-5-8(13)10(17)15-11(16)18/h5-6H,1-4H2,(H,15,17,18). The van der Waals surface area contributed by atoms with Gasteiger partial charge >= 0.3 is 5.69 Å². The van der Waals surface area contributed by atoms with Crippen LogP contribution in [0.3, 0.4) is 0 Å². The van der Waals surface area contributed by atoms with Crippen molar-refractivity contribution in [3.8, 4) is 0 Å². The van der Waals surface area contributed by atoms with Gasteiger partial charge in [0.25, 0.3) is 5.56 Å². The summed E-state index contributed by atoms with van der Waals surface area (Å²) in [5, 5.41) is 2.81. The average Bonchev–Trinajstić information content (AvgIpc) is 2.83. The summed E-state index contributed by atoms with van der Waals surface area (Å²) in [6.07, 6.45) is 2.22. The van der Waals surface area contributed by atoms with Crippen LogP contribution in [0.15, 0.2) is 21.2 Å². The number of halogens is 2. The Morgan fingerprint density at radius 1 is 1.47 bits per heavy atom. The van der Waals surface area contributed by atoms with E-state index in [0.29, 0.717) is 25.3 Å². The quantitative estimate of drug-likeness (QED) is 0.851. The van der Waals surface area contributed by atoms with E-state index in [1.807, 2.05) is 10.4 Å². The number of aromatic nitrogens is 3. The lowest BCUT2D eigenvalue weighted by Gasteiger charge is -2.03. The molecule has 2 heterocycles. The van der Waals surface area contributed by atoms with Gasteiger partial charge in [-0.1, -0.05) is 0 Å². The molecule has 0 aromatic carbocycles. The van der Waals surface area contributed by atoms with E-state index in [1.54, 1.807) is 0 Å². The second-order valence-electron chi connectivity index (χ2n) is 3.90. The van der Waals surface area contributed by atoms with Gasteiger partial charge in [0.2, 0.25) is 5.82 Å². The molecule has 19 heavy (non-hydrogen) atoms. The molecule has 0 aliphatic rings. The minimum atomic E-state index is -0.993. The number of aromatic amines is 1. The maximum absolute atomic E-state index is 13.0. The zero-order valence-electron chi connectivity index (χ0n) is 9.86. The first-order valence-electron chi connectivity index (χ1n) is 5.58. The van der Waals surface area contributed by atoms with E-state index in [-0.39, 0.29) is 0 Å². The Labute approximate surface area is 116 Å². The van der Waals surface area contributed by atoms with Crippen molar-refractivity contribution in [2.75, 3.05) is 0 Å². The predicted octanol–water partition coefficient (Wildman–Crippen LogP) is 1.50. The summed E-state index contributed by atoms with van der Waals surface area (Å²) in [5.74, 6) is -0.584.